The molecule has 0 aliphatic carbocycles. The van der Waals surface area contributed by atoms with E-state index in [0.29, 0.717) is 21.3 Å². The van der Waals surface area contributed by atoms with Gasteiger partial charge in [-0.15, -0.1) is 10.2 Å². The third kappa shape index (κ3) is 3.64. The summed E-state index contributed by atoms with van der Waals surface area (Å²) >= 11 is 1.30. The molecule has 0 saturated carbocycles. The Morgan fingerprint density at radius 3 is 2.58 bits per heavy atom. The number of aliphatic hydroxyl groups excluding tert-OH is 1. The van der Waals surface area contributed by atoms with E-state index in [1.54, 1.807) is 37.4 Å². The summed E-state index contributed by atoms with van der Waals surface area (Å²) < 4.78 is 5.30. The predicted octanol–water partition coefficient (Wildman–Crippen LogP) is 2.94. The Labute approximate surface area is 142 Å². The summed E-state index contributed by atoms with van der Waals surface area (Å²) in [5, 5.41) is 19.4. The zero-order valence-electron chi connectivity index (χ0n) is 12.9. The lowest BCUT2D eigenvalue weighted by molar-refractivity contribution is -0.159. The normalized spacial score (nSPS) is 13.2. The average Bonchev–Trinajstić information content (AvgIpc) is 3.13. The number of hydrogen-bond donors (Lipinski definition) is 1. The van der Waals surface area contributed by atoms with Gasteiger partial charge in [0, 0.05) is 6.20 Å². The maximum Gasteiger partial charge on any atom is 0.340 e. The smallest absolute Gasteiger partial charge is 0.340 e. The highest BCUT2D eigenvalue weighted by Crippen LogP contribution is 2.28. The van der Waals surface area contributed by atoms with Crippen LogP contribution in [0.25, 0.3) is 10.7 Å². The van der Waals surface area contributed by atoms with Crippen LogP contribution in [0.1, 0.15) is 29.7 Å². The van der Waals surface area contributed by atoms with Gasteiger partial charge in [0.15, 0.2) is 22.2 Å². The van der Waals surface area contributed by atoms with E-state index < -0.39 is 18.2 Å². The fourth-order valence-corrected chi connectivity index (χ4v) is 2.85. The molecule has 0 amide bonds. The van der Waals surface area contributed by atoms with Gasteiger partial charge in [-0.3, -0.25) is 4.98 Å². The molecule has 0 aliphatic heterocycles. The summed E-state index contributed by atoms with van der Waals surface area (Å²) in [6.45, 7) is 1.69. The monoisotopic (exact) mass is 341 g/mol. The van der Waals surface area contributed by atoms with Crippen molar-refractivity contribution in [2.75, 3.05) is 0 Å². The second-order valence-electron chi connectivity index (χ2n) is 5.05. The second-order valence-corrected chi connectivity index (χ2v) is 6.06. The van der Waals surface area contributed by atoms with E-state index in [4.69, 9.17) is 4.74 Å². The predicted molar refractivity (Wildman–Crippen MR) is 89.0 cm³/mol. The van der Waals surface area contributed by atoms with Gasteiger partial charge in [0.25, 0.3) is 0 Å². The standard InChI is InChI=1S/C17H15N3O3S/c1-11(23-17(22)14(21)12-7-3-2-4-8-12)15-19-20-16(24-15)13-9-5-6-10-18-13/h2-11,14,21H,1H3/t11-,14+/m1/s1. The van der Waals surface area contributed by atoms with Crippen molar-refractivity contribution in [1.82, 2.24) is 15.2 Å². The van der Waals surface area contributed by atoms with Crippen LogP contribution in [-0.2, 0) is 9.53 Å². The third-order valence-electron chi connectivity index (χ3n) is 3.30. The minimum atomic E-state index is -1.32. The van der Waals surface area contributed by atoms with E-state index in [-0.39, 0.29) is 0 Å². The third-order valence-corrected chi connectivity index (χ3v) is 4.41. The summed E-state index contributed by atoms with van der Waals surface area (Å²) in [6, 6.07) is 14.2. The van der Waals surface area contributed by atoms with Crippen LogP contribution in [0.3, 0.4) is 0 Å². The van der Waals surface area contributed by atoms with E-state index in [2.05, 4.69) is 15.2 Å². The lowest BCUT2D eigenvalue weighted by Crippen LogP contribution is -2.17. The van der Waals surface area contributed by atoms with Crippen molar-refractivity contribution >= 4 is 17.3 Å². The number of hydrogen-bond acceptors (Lipinski definition) is 7. The molecular weight excluding hydrogens is 326 g/mol. The van der Waals surface area contributed by atoms with Crippen molar-refractivity contribution in [3.05, 3.63) is 65.3 Å². The van der Waals surface area contributed by atoms with Crippen molar-refractivity contribution in [1.29, 1.82) is 0 Å². The van der Waals surface area contributed by atoms with E-state index >= 15 is 0 Å². The topological polar surface area (TPSA) is 85.2 Å². The molecule has 0 spiro atoms. The number of aliphatic hydroxyl groups is 1. The number of carbonyl (C=O) groups is 1. The van der Waals surface area contributed by atoms with E-state index in [1.165, 1.54) is 11.3 Å². The molecule has 3 aromatic rings. The fraction of sp³-hybridized carbons (Fsp3) is 0.176. The van der Waals surface area contributed by atoms with E-state index in [0.717, 1.165) is 0 Å². The molecule has 0 saturated heterocycles. The van der Waals surface area contributed by atoms with Crippen molar-refractivity contribution < 1.29 is 14.6 Å². The van der Waals surface area contributed by atoms with Crippen molar-refractivity contribution in [2.24, 2.45) is 0 Å². The summed E-state index contributed by atoms with van der Waals surface area (Å²) in [7, 11) is 0. The molecule has 6 nitrogen and oxygen atoms in total. The van der Waals surface area contributed by atoms with Crippen LogP contribution in [0.2, 0.25) is 0 Å². The Hall–Kier alpha value is -2.64. The molecular formula is C17H15N3O3S. The van der Waals surface area contributed by atoms with Gasteiger partial charge < -0.3 is 9.84 Å². The molecule has 7 heteroatoms. The van der Waals surface area contributed by atoms with Gasteiger partial charge in [-0.05, 0) is 24.6 Å². The van der Waals surface area contributed by atoms with Gasteiger partial charge >= 0.3 is 5.97 Å². The zero-order valence-corrected chi connectivity index (χ0v) is 13.7. The Kier molecular flexibility index (Phi) is 4.93. The van der Waals surface area contributed by atoms with Crippen LogP contribution in [0.15, 0.2) is 54.7 Å². The number of pyridine rings is 1. The first-order chi connectivity index (χ1) is 11.6. The molecule has 0 bridgehead atoms. The highest BCUT2D eigenvalue weighted by atomic mass is 32.1. The van der Waals surface area contributed by atoms with E-state index in [1.807, 2.05) is 24.3 Å². The molecule has 1 N–H and O–H groups in total. The number of esters is 1. The molecule has 2 heterocycles. The molecule has 0 radical (unpaired) electrons. The van der Waals surface area contributed by atoms with E-state index in [9.17, 15) is 9.90 Å². The molecule has 2 atom stereocenters. The number of ether oxygens (including phenoxy) is 1. The largest absolute Gasteiger partial charge is 0.453 e. The van der Waals surface area contributed by atoms with Crippen molar-refractivity contribution in [3.8, 4) is 10.7 Å². The quantitative estimate of drug-likeness (QED) is 0.718. The van der Waals surface area contributed by atoms with Crippen LogP contribution in [0.5, 0.6) is 0 Å². The van der Waals surface area contributed by atoms with Crippen molar-refractivity contribution in [2.45, 2.75) is 19.1 Å². The fourth-order valence-electron chi connectivity index (χ4n) is 2.05. The first-order valence-electron chi connectivity index (χ1n) is 7.33. The first kappa shape index (κ1) is 16.2. The molecule has 2 aromatic heterocycles. The SMILES string of the molecule is C[C@@H](OC(=O)[C@@H](O)c1ccccc1)c1nnc(-c2ccccn2)s1. The van der Waals surface area contributed by atoms with Crippen molar-refractivity contribution in [3.63, 3.8) is 0 Å². The minimum Gasteiger partial charge on any atom is -0.453 e. The van der Waals surface area contributed by atoms with Gasteiger partial charge in [0.1, 0.15) is 5.69 Å². The van der Waals surface area contributed by atoms with Crippen LogP contribution < -0.4 is 0 Å². The Balaban J connectivity index is 1.68. The van der Waals surface area contributed by atoms with Crippen LogP contribution in [-0.4, -0.2) is 26.3 Å². The van der Waals surface area contributed by atoms with Crippen LogP contribution >= 0.6 is 11.3 Å². The molecule has 1 aromatic carbocycles. The van der Waals surface area contributed by atoms with Crippen LogP contribution in [0, 0.1) is 0 Å². The van der Waals surface area contributed by atoms with Gasteiger partial charge in [-0.25, -0.2) is 4.79 Å². The zero-order chi connectivity index (χ0) is 16.9. The molecule has 0 fully saturated rings. The van der Waals surface area contributed by atoms with Gasteiger partial charge in [0.2, 0.25) is 0 Å². The maximum atomic E-state index is 12.1. The second kappa shape index (κ2) is 7.29. The van der Waals surface area contributed by atoms with Gasteiger partial charge in [-0.1, -0.05) is 47.7 Å². The molecule has 3 rings (SSSR count). The highest BCUT2D eigenvalue weighted by molar-refractivity contribution is 7.14. The lowest BCUT2D eigenvalue weighted by Gasteiger charge is -2.14. The maximum absolute atomic E-state index is 12.1. The van der Waals surface area contributed by atoms with Crippen LogP contribution in [0.4, 0.5) is 0 Å². The Bertz CT molecular complexity index is 808. The summed E-state index contributed by atoms with van der Waals surface area (Å²) in [4.78, 5) is 16.3. The number of rotatable bonds is 5. The highest BCUT2D eigenvalue weighted by Gasteiger charge is 2.23. The minimum absolute atomic E-state index is 0.487. The molecule has 122 valence electrons. The summed E-state index contributed by atoms with van der Waals surface area (Å²) in [6.07, 6.45) is -0.251. The summed E-state index contributed by atoms with van der Waals surface area (Å²) in [5.74, 6) is -0.719. The van der Waals surface area contributed by atoms with Gasteiger partial charge in [-0.2, -0.15) is 0 Å². The number of aromatic nitrogens is 3. The Morgan fingerprint density at radius 2 is 1.88 bits per heavy atom. The number of carbonyl (C=O) groups excluding carboxylic acids is 1. The molecule has 24 heavy (non-hydrogen) atoms. The number of nitrogens with zero attached hydrogens (tertiary/aromatic N) is 3. The average molecular weight is 341 g/mol. The molecule has 0 unspecified atom stereocenters. The lowest BCUT2D eigenvalue weighted by atomic mass is 10.1. The Morgan fingerprint density at radius 1 is 1.12 bits per heavy atom. The number of benzene rings is 1. The van der Waals surface area contributed by atoms with Gasteiger partial charge in [0.05, 0.1) is 0 Å². The molecule has 0 aliphatic rings. The first-order valence-corrected chi connectivity index (χ1v) is 8.15. The summed E-state index contributed by atoms with van der Waals surface area (Å²) in [5.41, 5.74) is 1.20.